The molecule has 4 nitrogen and oxygen atoms in total. The van der Waals surface area contributed by atoms with E-state index in [1.54, 1.807) is 0 Å². The molecule has 116 valence electrons. The van der Waals surface area contributed by atoms with Gasteiger partial charge in [-0.1, -0.05) is 36.4 Å². The molecule has 3 rings (SSSR count). The van der Waals surface area contributed by atoms with Gasteiger partial charge in [-0.25, -0.2) is 4.98 Å². The van der Waals surface area contributed by atoms with Crippen LogP contribution in [0.4, 0.5) is 0 Å². The molecule has 0 aliphatic heterocycles. The molecule has 3 aromatic rings. The van der Waals surface area contributed by atoms with Gasteiger partial charge >= 0.3 is 0 Å². The van der Waals surface area contributed by atoms with Gasteiger partial charge in [-0.2, -0.15) is 5.26 Å². The van der Waals surface area contributed by atoms with Gasteiger partial charge in [-0.15, -0.1) is 0 Å². The number of para-hydroxylation sites is 2. The third-order valence-corrected chi connectivity index (χ3v) is 4.17. The number of imidazole rings is 1. The summed E-state index contributed by atoms with van der Waals surface area (Å²) in [6.45, 7) is 4.31. The lowest BCUT2D eigenvalue weighted by Gasteiger charge is -2.21. The summed E-state index contributed by atoms with van der Waals surface area (Å²) < 4.78 is 2.02. The molecule has 0 bridgehead atoms. The summed E-state index contributed by atoms with van der Waals surface area (Å²) >= 11 is 0. The monoisotopic (exact) mass is 305 g/mol. The molecule has 0 radical (unpaired) electrons. The van der Waals surface area contributed by atoms with Crippen LogP contribution in [0.15, 0.2) is 48.5 Å². The van der Waals surface area contributed by atoms with E-state index in [2.05, 4.69) is 11.1 Å². The largest absolute Gasteiger partial charge is 0.388 e. The molecule has 0 fully saturated rings. The number of fused-ring (bicyclic) bond motifs is 1. The maximum atomic E-state index is 9.64. The summed E-state index contributed by atoms with van der Waals surface area (Å²) in [5.41, 5.74) is 3.36. The third kappa shape index (κ3) is 2.71. The number of rotatable bonds is 4. The van der Waals surface area contributed by atoms with Crippen molar-refractivity contribution in [2.45, 2.75) is 32.4 Å². The molecule has 1 N–H and O–H groups in total. The Bertz CT molecular complexity index is 887. The highest BCUT2D eigenvalue weighted by Crippen LogP contribution is 2.27. The van der Waals surface area contributed by atoms with Crippen molar-refractivity contribution >= 4 is 11.0 Å². The van der Waals surface area contributed by atoms with Crippen LogP contribution in [0.5, 0.6) is 0 Å². The molecular formula is C19H19N3O. The van der Waals surface area contributed by atoms with Crippen LogP contribution >= 0.6 is 0 Å². The molecule has 4 heteroatoms. The first-order valence-electron chi connectivity index (χ1n) is 7.61. The van der Waals surface area contributed by atoms with Gasteiger partial charge in [0.25, 0.3) is 0 Å². The number of hydrogen-bond donors (Lipinski definition) is 1. The molecule has 2 aromatic carbocycles. The molecule has 0 aliphatic rings. The van der Waals surface area contributed by atoms with Gasteiger partial charge in [0, 0.05) is 6.54 Å². The number of aliphatic hydroxyl groups is 1. The summed E-state index contributed by atoms with van der Waals surface area (Å²) in [7, 11) is 0. The number of nitriles is 1. The molecule has 0 spiro atoms. The molecule has 1 aromatic heterocycles. The van der Waals surface area contributed by atoms with Crippen molar-refractivity contribution in [3.05, 3.63) is 65.5 Å². The Morgan fingerprint density at radius 3 is 2.57 bits per heavy atom. The van der Waals surface area contributed by atoms with E-state index in [-0.39, 0.29) is 6.61 Å². The van der Waals surface area contributed by atoms with Gasteiger partial charge in [0.05, 0.1) is 22.5 Å². The van der Waals surface area contributed by atoms with Gasteiger partial charge in [-0.05, 0) is 37.1 Å². The molecule has 0 saturated carbocycles. The van der Waals surface area contributed by atoms with Crippen LogP contribution in [0.2, 0.25) is 0 Å². The summed E-state index contributed by atoms with van der Waals surface area (Å²) in [6, 6.07) is 18.2. The van der Waals surface area contributed by atoms with Crippen molar-refractivity contribution in [1.29, 1.82) is 5.26 Å². The van der Waals surface area contributed by atoms with Crippen LogP contribution < -0.4 is 0 Å². The van der Waals surface area contributed by atoms with Crippen LogP contribution in [0.3, 0.4) is 0 Å². The van der Waals surface area contributed by atoms with Crippen LogP contribution in [-0.4, -0.2) is 14.7 Å². The average Bonchev–Trinajstić information content (AvgIpc) is 2.93. The van der Waals surface area contributed by atoms with Gasteiger partial charge in [0.1, 0.15) is 12.4 Å². The Morgan fingerprint density at radius 1 is 1.13 bits per heavy atom. The predicted octanol–water partition coefficient (Wildman–Crippen LogP) is 3.38. The number of nitrogens with zero attached hydrogens (tertiary/aromatic N) is 3. The van der Waals surface area contributed by atoms with E-state index in [0.29, 0.717) is 12.4 Å². The van der Waals surface area contributed by atoms with Crippen molar-refractivity contribution in [2.75, 3.05) is 0 Å². The second kappa shape index (κ2) is 5.86. The summed E-state index contributed by atoms with van der Waals surface area (Å²) in [5.74, 6) is 0.635. The first kappa shape index (κ1) is 15.3. The molecule has 0 aliphatic carbocycles. The standard InChI is InChI=1S/C19H19N3O/c1-19(2,13-20)15-8-4-3-7-14(15)11-22-17-10-6-5-9-16(17)21-18(22)12-23/h3-10,23H,11-12H2,1-2H3. The van der Waals surface area contributed by atoms with Gasteiger partial charge in [0.15, 0.2) is 0 Å². The zero-order valence-corrected chi connectivity index (χ0v) is 13.3. The van der Waals surface area contributed by atoms with E-state index >= 15 is 0 Å². The predicted molar refractivity (Wildman–Crippen MR) is 89.8 cm³/mol. The van der Waals surface area contributed by atoms with Gasteiger partial charge < -0.3 is 9.67 Å². The molecule has 0 saturated heterocycles. The quantitative estimate of drug-likeness (QED) is 0.803. The summed E-state index contributed by atoms with van der Waals surface area (Å²) in [4.78, 5) is 4.49. The third-order valence-electron chi connectivity index (χ3n) is 4.17. The molecule has 0 atom stereocenters. The molecule has 23 heavy (non-hydrogen) atoms. The van der Waals surface area contributed by atoms with Gasteiger partial charge in [0.2, 0.25) is 0 Å². The van der Waals surface area contributed by atoms with Crippen molar-refractivity contribution in [2.24, 2.45) is 0 Å². The Morgan fingerprint density at radius 2 is 1.83 bits per heavy atom. The van der Waals surface area contributed by atoms with E-state index in [9.17, 15) is 10.4 Å². The molecule has 1 heterocycles. The van der Waals surface area contributed by atoms with Crippen molar-refractivity contribution < 1.29 is 5.11 Å². The highest BCUT2D eigenvalue weighted by molar-refractivity contribution is 5.76. The second-order valence-electron chi connectivity index (χ2n) is 6.15. The fraction of sp³-hybridized carbons (Fsp3) is 0.263. The zero-order chi connectivity index (χ0) is 16.4. The highest BCUT2D eigenvalue weighted by atomic mass is 16.3. The maximum absolute atomic E-state index is 9.64. The van der Waals surface area contributed by atoms with Crippen LogP contribution in [0, 0.1) is 11.3 Å². The van der Waals surface area contributed by atoms with E-state index in [4.69, 9.17) is 0 Å². The summed E-state index contributed by atoms with van der Waals surface area (Å²) in [6.07, 6.45) is 0. The Kier molecular flexibility index (Phi) is 3.89. The van der Waals surface area contributed by atoms with Crippen LogP contribution in [0.1, 0.15) is 30.8 Å². The number of hydrogen-bond acceptors (Lipinski definition) is 3. The highest BCUT2D eigenvalue weighted by Gasteiger charge is 2.23. The Labute approximate surface area is 135 Å². The molecular weight excluding hydrogens is 286 g/mol. The van der Waals surface area contributed by atoms with Gasteiger partial charge in [-0.3, -0.25) is 0 Å². The van der Waals surface area contributed by atoms with E-state index in [0.717, 1.165) is 22.2 Å². The number of aromatic nitrogens is 2. The first-order valence-corrected chi connectivity index (χ1v) is 7.61. The lowest BCUT2D eigenvalue weighted by Crippen LogP contribution is -2.18. The van der Waals surface area contributed by atoms with Crippen molar-refractivity contribution in [3.8, 4) is 6.07 Å². The Balaban J connectivity index is 2.13. The fourth-order valence-electron chi connectivity index (χ4n) is 2.92. The van der Waals surface area contributed by atoms with E-state index in [1.807, 2.05) is 66.9 Å². The van der Waals surface area contributed by atoms with Crippen LogP contribution in [0.25, 0.3) is 11.0 Å². The smallest absolute Gasteiger partial charge is 0.136 e. The van der Waals surface area contributed by atoms with Crippen molar-refractivity contribution in [1.82, 2.24) is 9.55 Å². The molecule has 0 unspecified atom stereocenters. The van der Waals surface area contributed by atoms with Crippen LogP contribution in [-0.2, 0) is 18.6 Å². The van der Waals surface area contributed by atoms with Crippen molar-refractivity contribution in [3.63, 3.8) is 0 Å². The Hall–Kier alpha value is -2.64. The fourth-order valence-corrected chi connectivity index (χ4v) is 2.92. The first-order chi connectivity index (χ1) is 11.1. The average molecular weight is 305 g/mol. The number of benzene rings is 2. The SMILES string of the molecule is CC(C)(C#N)c1ccccc1Cn1c(CO)nc2ccccc21. The zero-order valence-electron chi connectivity index (χ0n) is 13.3. The maximum Gasteiger partial charge on any atom is 0.136 e. The van der Waals surface area contributed by atoms with E-state index in [1.165, 1.54) is 0 Å². The topological polar surface area (TPSA) is 61.8 Å². The second-order valence-corrected chi connectivity index (χ2v) is 6.15. The number of aliphatic hydroxyl groups excluding tert-OH is 1. The minimum Gasteiger partial charge on any atom is -0.388 e. The van der Waals surface area contributed by atoms with E-state index < -0.39 is 5.41 Å². The minimum absolute atomic E-state index is 0.113. The lowest BCUT2D eigenvalue weighted by molar-refractivity contribution is 0.267. The lowest BCUT2D eigenvalue weighted by atomic mass is 9.83. The minimum atomic E-state index is -0.563. The summed E-state index contributed by atoms with van der Waals surface area (Å²) in [5, 5.41) is 19.1. The molecule has 0 amide bonds. The normalized spacial score (nSPS) is 11.6.